The molecular formula is C17H16FN3S. The van der Waals surface area contributed by atoms with Crippen molar-refractivity contribution in [1.82, 2.24) is 9.55 Å². The number of hydrogen-bond acceptors (Lipinski definition) is 2. The molecule has 1 aromatic heterocycles. The third kappa shape index (κ3) is 2.72. The number of rotatable bonds is 4. The Kier molecular flexibility index (Phi) is 3.90. The van der Waals surface area contributed by atoms with Crippen molar-refractivity contribution in [3.8, 4) is 11.4 Å². The zero-order chi connectivity index (χ0) is 15.7. The highest BCUT2D eigenvalue weighted by molar-refractivity contribution is 7.80. The average molecular weight is 313 g/mol. The lowest BCUT2D eigenvalue weighted by Gasteiger charge is -2.14. The lowest BCUT2D eigenvalue weighted by Crippen LogP contribution is -2.23. The predicted octanol–water partition coefficient (Wildman–Crippen LogP) is 3.76. The van der Waals surface area contributed by atoms with Gasteiger partial charge in [0, 0.05) is 18.0 Å². The summed E-state index contributed by atoms with van der Waals surface area (Å²) in [5.74, 6) is 0.582. The van der Waals surface area contributed by atoms with Crippen molar-refractivity contribution in [3.63, 3.8) is 0 Å². The Morgan fingerprint density at radius 1 is 1.23 bits per heavy atom. The molecule has 0 spiro atoms. The Hall–Kier alpha value is -2.27. The summed E-state index contributed by atoms with van der Waals surface area (Å²) in [4.78, 5) is 5.16. The molecule has 0 bridgehead atoms. The van der Waals surface area contributed by atoms with Crippen molar-refractivity contribution in [3.05, 3.63) is 54.3 Å². The Bertz CT molecular complexity index is 824. The number of hydrogen-bond donors (Lipinski definition) is 1. The van der Waals surface area contributed by atoms with Gasteiger partial charge in [-0.1, -0.05) is 31.3 Å². The fraction of sp³-hybridized carbons (Fsp3) is 0.176. The Labute approximate surface area is 133 Å². The maximum absolute atomic E-state index is 13.2. The van der Waals surface area contributed by atoms with E-state index in [2.05, 4.69) is 9.55 Å². The van der Waals surface area contributed by atoms with Crippen molar-refractivity contribution in [2.75, 3.05) is 0 Å². The lowest BCUT2D eigenvalue weighted by atomic mass is 10.1. The van der Waals surface area contributed by atoms with Crippen molar-refractivity contribution in [2.24, 2.45) is 11.7 Å². The molecule has 112 valence electrons. The molecule has 3 aromatic rings. The fourth-order valence-corrected chi connectivity index (χ4v) is 2.52. The maximum atomic E-state index is 13.2. The molecule has 1 unspecified atom stereocenters. The topological polar surface area (TPSA) is 43.8 Å². The molecule has 2 N–H and O–H groups in total. The summed E-state index contributed by atoms with van der Waals surface area (Å²) in [5.41, 5.74) is 8.54. The molecule has 1 atom stereocenters. The quantitative estimate of drug-likeness (QED) is 0.746. The van der Waals surface area contributed by atoms with E-state index in [9.17, 15) is 4.39 Å². The third-order valence-corrected chi connectivity index (χ3v) is 4.10. The highest BCUT2D eigenvalue weighted by atomic mass is 32.1. The van der Waals surface area contributed by atoms with Crippen molar-refractivity contribution in [1.29, 1.82) is 0 Å². The fourth-order valence-electron chi connectivity index (χ4n) is 2.44. The molecule has 2 aromatic carbocycles. The zero-order valence-electron chi connectivity index (χ0n) is 12.2. The summed E-state index contributed by atoms with van der Waals surface area (Å²) >= 11 is 5.09. The van der Waals surface area contributed by atoms with Gasteiger partial charge >= 0.3 is 0 Å². The van der Waals surface area contributed by atoms with Gasteiger partial charge in [0.1, 0.15) is 11.6 Å². The van der Waals surface area contributed by atoms with E-state index in [0.29, 0.717) is 11.5 Å². The van der Waals surface area contributed by atoms with Crippen molar-refractivity contribution in [2.45, 2.75) is 13.5 Å². The molecule has 0 radical (unpaired) electrons. The van der Waals surface area contributed by atoms with E-state index in [-0.39, 0.29) is 11.7 Å². The Morgan fingerprint density at radius 3 is 2.59 bits per heavy atom. The first-order valence-corrected chi connectivity index (χ1v) is 7.47. The van der Waals surface area contributed by atoms with Gasteiger partial charge < -0.3 is 10.3 Å². The molecule has 22 heavy (non-hydrogen) atoms. The molecule has 1 heterocycles. The van der Waals surface area contributed by atoms with E-state index in [1.807, 2.05) is 31.2 Å². The van der Waals surface area contributed by atoms with E-state index >= 15 is 0 Å². The number of aromatic nitrogens is 2. The van der Waals surface area contributed by atoms with Crippen LogP contribution in [0, 0.1) is 11.7 Å². The summed E-state index contributed by atoms with van der Waals surface area (Å²) < 4.78 is 15.3. The number of imidazole rings is 1. The molecule has 0 aliphatic rings. The summed E-state index contributed by atoms with van der Waals surface area (Å²) in [6.45, 7) is 2.63. The second-order valence-electron chi connectivity index (χ2n) is 5.35. The minimum Gasteiger partial charge on any atom is -0.393 e. The number of nitrogens with two attached hydrogens (primary N) is 1. The highest BCUT2D eigenvalue weighted by Crippen LogP contribution is 2.26. The van der Waals surface area contributed by atoms with Gasteiger partial charge in [-0.2, -0.15) is 0 Å². The smallest absolute Gasteiger partial charge is 0.141 e. The van der Waals surface area contributed by atoms with Crippen LogP contribution in [0.3, 0.4) is 0 Å². The highest BCUT2D eigenvalue weighted by Gasteiger charge is 2.15. The second kappa shape index (κ2) is 5.85. The number of para-hydroxylation sites is 2. The molecule has 0 aliphatic carbocycles. The van der Waals surface area contributed by atoms with Crippen LogP contribution in [0.15, 0.2) is 48.5 Å². The minimum absolute atomic E-state index is 0.0480. The van der Waals surface area contributed by atoms with Crippen LogP contribution in [0.2, 0.25) is 0 Å². The molecule has 0 fully saturated rings. The molecule has 0 saturated carbocycles. The summed E-state index contributed by atoms with van der Waals surface area (Å²) in [7, 11) is 0. The number of benzene rings is 2. The van der Waals surface area contributed by atoms with E-state index in [4.69, 9.17) is 18.0 Å². The van der Waals surface area contributed by atoms with Gasteiger partial charge in [0.05, 0.1) is 16.0 Å². The maximum Gasteiger partial charge on any atom is 0.141 e. The lowest BCUT2D eigenvalue weighted by molar-refractivity contribution is 0.616. The Morgan fingerprint density at radius 2 is 1.91 bits per heavy atom. The first kappa shape index (κ1) is 14.7. The van der Waals surface area contributed by atoms with Crippen LogP contribution >= 0.6 is 12.2 Å². The monoisotopic (exact) mass is 313 g/mol. The molecule has 0 saturated heterocycles. The standard InChI is InChI=1S/C17H16FN3S/c1-11(16(19)22)10-21-15-5-3-2-4-14(15)20-17(21)12-6-8-13(18)9-7-12/h2-9,11H,10H2,1H3,(H2,19,22). The average Bonchev–Trinajstić information content (AvgIpc) is 2.87. The third-order valence-electron chi connectivity index (χ3n) is 3.70. The number of nitrogens with zero attached hydrogens (tertiary/aromatic N) is 2. The molecule has 3 nitrogen and oxygen atoms in total. The summed E-state index contributed by atoms with van der Waals surface area (Å²) in [5, 5.41) is 0. The first-order valence-electron chi connectivity index (χ1n) is 7.07. The van der Waals surface area contributed by atoms with E-state index in [1.54, 1.807) is 12.1 Å². The molecular weight excluding hydrogens is 297 g/mol. The van der Waals surface area contributed by atoms with Gasteiger partial charge in [0.2, 0.25) is 0 Å². The molecule has 5 heteroatoms. The molecule has 0 aliphatic heterocycles. The predicted molar refractivity (Wildman–Crippen MR) is 91.1 cm³/mol. The summed E-state index contributed by atoms with van der Waals surface area (Å²) in [6, 6.07) is 14.3. The normalized spacial score (nSPS) is 12.5. The minimum atomic E-state index is -0.261. The van der Waals surface area contributed by atoms with Crippen LogP contribution in [0.1, 0.15) is 6.92 Å². The van der Waals surface area contributed by atoms with Crippen molar-refractivity contribution < 1.29 is 4.39 Å². The first-order chi connectivity index (χ1) is 10.6. The number of fused-ring (bicyclic) bond motifs is 1. The van der Waals surface area contributed by atoms with E-state index in [0.717, 1.165) is 22.4 Å². The van der Waals surface area contributed by atoms with Crippen molar-refractivity contribution >= 4 is 28.2 Å². The van der Waals surface area contributed by atoms with Crippen LogP contribution < -0.4 is 5.73 Å². The second-order valence-corrected chi connectivity index (χ2v) is 5.82. The van der Waals surface area contributed by atoms with Gasteiger partial charge in [-0.3, -0.25) is 0 Å². The van der Waals surface area contributed by atoms with E-state index < -0.39 is 0 Å². The van der Waals surface area contributed by atoms with Crippen LogP contribution in [-0.4, -0.2) is 14.5 Å². The van der Waals surface area contributed by atoms with E-state index in [1.165, 1.54) is 12.1 Å². The van der Waals surface area contributed by atoms with Crippen LogP contribution in [0.4, 0.5) is 4.39 Å². The van der Waals surface area contributed by atoms with Gasteiger partial charge in [-0.05, 0) is 36.4 Å². The summed E-state index contributed by atoms with van der Waals surface area (Å²) in [6.07, 6.45) is 0. The zero-order valence-corrected chi connectivity index (χ0v) is 13.0. The van der Waals surface area contributed by atoms with Gasteiger partial charge in [0.15, 0.2) is 0 Å². The van der Waals surface area contributed by atoms with Gasteiger partial charge in [-0.25, -0.2) is 9.37 Å². The van der Waals surface area contributed by atoms with Gasteiger partial charge in [-0.15, -0.1) is 0 Å². The number of halogens is 1. The van der Waals surface area contributed by atoms with Crippen LogP contribution in [-0.2, 0) is 6.54 Å². The van der Waals surface area contributed by atoms with Crippen LogP contribution in [0.5, 0.6) is 0 Å². The molecule has 3 rings (SSSR count). The van der Waals surface area contributed by atoms with Crippen LogP contribution in [0.25, 0.3) is 22.4 Å². The molecule has 0 amide bonds. The largest absolute Gasteiger partial charge is 0.393 e. The number of thiocarbonyl (C=S) groups is 1. The van der Waals surface area contributed by atoms with Gasteiger partial charge in [0.25, 0.3) is 0 Å². The Balaban J connectivity index is 2.16. The SMILES string of the molecule is CC(Cn1c(-c2ccc(F)cc2)nc2ccccc21)C(N)=S.